The molecule has 0 saturated carbocycles. The van der Waals surface area contributed by atoms with Gasteiger partial charge in [-0.1, -0.05) is 23.7 Å². The zero-order valence-electron chi connectivity index (χ0n) is 11.2. The smallest absolute Gasteiger partial charge is 0.157 e. The summed E-state index contributed by atoms with van der Waals surface area (Å²) in [5.74, 6) is 11.5. The van der Waals surface area contributed by atoms with Gasteiger partial charge in [0, 0.05) is 19.4 Å². The summed E-state index contributed by atoms with van der Waals surface area (Å²) in [4.78, 5) is 0. The Bertz CT molecular complexity index is 339. The summed E-state index contributed by atoms with van der Waals surface area (Å²) in [6.07, 6.45) is 3.94. The molecule has 4 heteroatoms. The quantitative estimate of drug-likeness (QED) is 0.577. The van der Waals surface area contributed by atoms with Gasteiger partial charge >= 0.3 is 0 Å². The van der Waals surface area contributed by atoms with E-state index in [1.807, 2.05) is 0 Å². The van der Waals surface area contributed by atoms with E-state index in [2.05, 4.69) is 23.7 Å². The molecule has 0 aliphatic carbocycles. The molecule has 0 aromatic heterocycles. The molecule has 2 N–H and O–H groups in total. The van der Waals surface area contributed by atoms with Crippen LogP contribution in [-0.2, 0) is 9.47 Å². The third-order valence-electron chi connectivity index (χ3n) is 2.64. The van der Waals surface area contributed by atoms with Gasteiger partial charge in [0.2, 0.25) is 0 Å². The van der Waals surface area contributed by atoms with Crippen LogP contribution < -0.4 is 0 Å². The van der Waals surface area contributed by atoms with Crippen LogP contribution >= 0.6 is 0 Å². The molecular weight excluding hydrogens is 244 g/mol. The van der Waals surface area contributed by atoms with Crippen LogP contribution in [0.25, 0.3) is 0 Å². The molecule has 4 nitrogen and oxygen atoms in total. The van der Waals surface area contributed by atoms with E-state index in [-0.39, 0.29) is 12.9 Å². The van der Waals surface area contributed by atoms with E-state index >= 15 is 0 Å². The highest BCUT2D eigenvalue weighted by molar-refractivity contribution is 5.11. The average Bonchev–Trinajstić information content (AvgIpc) is 2.46. The highest BCUT2D eigenvalue weighted by Crippen LogP contribution is 2.13. The van der Waals surface area contributed by atoms with Crippen LogP contribution in [0.5, 0.6) is 0 Å². The van der Waals surface area contributed by atoms with E-state index < -0.39 is 6.10 Å². The molecule has 106 valence electrons. The fourth-order valence-electron chi connectivity index (χ4n) is 1.60. The van der Waals surface area contributed by atoms with Crippen molar-refractivity contribution >= 4 is 0 Å². The number of ether oxygens (including phenoxy) is 2. The molecule has 2 atom stereocenters. The molecule has 19 heavy (non-hydrogen) atoms. The van der Waals surface area contributed by atoms with E-state index in [0.29, 0.717) is 25.9 Å². The van der Waals surface area contributed by atoms with Crippen molar-refractivity contribution in [3.8, 4) is 23.7 Å². The van der Waals surface area contributed by atoms with E-state index in [1.165, 1.54) is 6.42 Å². The molecule has 1 aliphatic rings. The van der Waals surface area contributed by atoms with Crippen molar-refractivity contribution in [2.45, 2.75) is 50.9 Å². The van der Waals surface area contributed by atoms with Crippen LogP contribution in [-0.4, -0.2) is 42.4 Å². The molecule has 2 unspecified atom stereocenters. The van der Waals surface area contributed by atoms with Gasteiger partial charge in [0.05, 0.1) is 25.7 Å². The Morgan fingerprint density at radius 2 is 2.05 bits per heavy atom. The molecular formula is C15H22O4. The summed E-state index contributed by atoms with van der Waals surface area (Å²) in [6.45, 7) is 1.14. The van der Waals surface area contributed by atoms with Gasteiger partial charge in [-0.05, 0) is 19.3 Å². The molecule has 0 radical (unpaired) electrons. The average molecular weight is 266 g/mol. The Morgan fingerprint density at radius 3 is 2.79 bits per heavy atom. The van der Waals surface area contributed by atoms with Crippen molar-refractivity contribution in [2.75, 3.05) is 19.8 Å². The second-order valence-electron chi connectivity index (χ2n) is 4.34. The van der Waals surface area contributed by atoms with Gasteiger partial charge in [0.1, 0.15) is 0 Å². The first kappa shape index (κ1) is 16.0. The number of rotatable bonds is 5. The predicted octanol–water partition coefficient (Wildman–Crippen LogP) is 1.06. The summed E-state index contributed by atoms with van der Waals surface area (Å²) in [5, 5.41) is 17.6. The third-order valence-corrected chi connectivity index (χ3v) is 2.64. The first-order valence-corrected chi connectivity index (χ1v) is 6.76. The monoisotopic (exact) mass is 266 g/mol. The molecule has 1 rings (SSSR count). The van der Waals surface area contributed by atoms with Gasteiger partial charge in [-0.2, -0.15) is 0 Å². The zero-order valence-corrected chi connectivity index (χ0v) is 11.2. The number of hydrogen-bond donors (Lipinski definition) is 2. The minimum atomic E-state index is -0.746. The van der Waals surface area contributed by atoms with Crippen molar-refractivity contribution < 1.29 is 19.7 Å². The Balaban J connectivity index is 1.98. The van der Waals surface area contributed by atoms with Crippen LogP contribution in [0, 0.1) is 23.7 Å². The van der Waals surface area contributed by atoms with Crippen molar-refractivity contribution in [3.05, 3.63) is 0 Å². The predicted molar refractivity (Wildman–Crippen MR) is 72.0 cm³/mol. The Kier molecular flexibility index (Phi) is 9.14. The van der Waals surface area contributed by atoms with Gasteiger partial charge in [0.25, 0.3) is 0 Å². The fraction of sp³-hybridized carbons (Fsp3) is 0.733. The van der Waals surface area contributed by atoms with E-state index in [0.717, 1.165) is 19.4 Å². The van der Waals surface area contributed by atoms with Crippen LogP contribution in [0.15, 0.2) is 0 Å². The Morgan fingerprint density at radius 1 is 1.21 bits per heavy atom. The zero-order chi connectivity index (χ0) is 13.8. The van der Waals surface area contributed by atoms with Crippen LogP contribution in [0.3, 0.4) is 0 Å². The van der Waals surface area contributed by atoms with Gasteiger partial charge < -0.3 is 19.7 Å². The highest BCUT2D eigenvalue weighted by atomic mass is 16.7. The standard InChI is InChI=1S/C15H22O4/c16-13-14(17)9-5-3-1-2-4-7-11-18-15-10-6-8-12-19-15/h14-17H,1,6-13H2. The van der Waals surface area contributed by atoms with E-state index in [1.54, 1.807) is 0 Å². The fourth-order valence-corrected chi connectivity index (χ4v) is 1.60. The molecule has 1 saturated heterocycles. The molecule has 0 bridgehead atoms. The van der Waals surface area contributed by atoms with Crippen LogP contribution in [0.1, 0.15) is 38.5 Å². The molecule has 0 aromatic carbocycles. The normalized spacial score (nSPS) is 19.8. The maximum absolute atomic E-state index is 9.04. The van der Waals surface area contributed by atoms with Crippen molar-refractivity contribution in [1.29, 1.82) is 0 Å². The number of aliphatic hydroxyl groups is 2. The number of hydrogen-bond acceptors (Lipinski definition) is 4. The van der Waals surface area contributed by atoms with Crippen molar-refractivity contribution in [3.63, 3.8) is 0 Å². The van der Waals surface area contributed by atoms with Gasteiger partial charge in [-0.3, -0.25) is 0 Å². The highest BCUT2D eigenvalue weighted by Gasteiger charge is 2.12. The third kappa shape index (κ3) is 8.64. The minimum Gasteiger partial charge on any atom is -0.394 e. The SMILES string of the molecule is OCC(O)CC#CCC#CCCOC1CCCCO1. The number of aliphatic hydroxyl groups excluding tert-OH is 2. The topological polar surface area (TPSA) is 58.9 Å². The lowest BCUT2D eigenvalue weighted by atomic mass is 10.2. The second-order valence-corrected chi connectivity index (χ2v) is 4.34. The second kappa shape index (κ2) is 10.8. The van der Waals surface area contributed by atoms with Crippen LogP contribution in [0.4, 0.5) is 0 Å². The molecule has 1 heterocycles. The maximum atomic E-state index is 9.04. The lowest BCUT2D eigenvalue weighted by molar-refractivity contribution is -0.161. The van der Waals surface area contributed by atoms with Crippen molar-refractivity contribution in [1.82, 2.24) is 0 Å². The molecule has 0 spiro atoms. The van der Waals surface area contributed by atoms with E-state index in [9.17, 15) is 0 Å². The first-order valence-electron chi connectivity index (χ1n) is 6.76. The lowest BCUT2D eigenvalue weighted by Gasteiger charge is -2.22. The van der Waals surface area contributed by atoms with Crippen molar-refractivity contribution in [2.24, 2.45) is 0 Å². The first-order chi connectivity index (χ1) is 9.33. The summed E-state index contributed by atoms with van der Waals surface area (Å²) < 4.78 is 11.0. The summed E-state index contributed by atoms with van der Waals surface area (Å²) >= 11 is 0. The van der Waals surface area contributed by atoms with E-state index in [4.69, 9.17) is 19.7 Å². The maximum Gasteiger partial charge on any atom is 0.157 e. The van der Waals surface area contributed by atoms with Gasteiger partial charge in [-0.25, -0.2) is 0 Å². The van der Waals surface area contributed by atoms with Crippen LogP contribution in [0.2, 0.25) is 0 Å². The largest absolute Gasteiger partial charge is 0.394 e. The molecule has 1 aliphatic heterocycles. The Hall–Kier alpha value is -1.04. The van der Waals surface area contributed by atoms with Gasteiger partial charge in [0.15, 0.2) is 6.29 Å². The summed E-state index contributed by atoms with van der Waals surface area (Å²) in [7, 11) is 0. The Labute approximate surface area is 115 Å². The molecule has 0 aromatic rings. The van der Waals surface area contributed by atoms with Gasteiger partial charge in [-0.15, -0.1) is 0 Å². The lowest BCUT2D eigenvalue weighted by Crippen LogP contribution is -2.22. The summed E-state index contributed by atoms with van der Waals surface area (Å²) in [6, 6.07) is 0. The summed E-state index contributed by atoms with van der Waals surface area (Å²) in [5.41, 5.74) is 0. The molecule has 1 fully saturated rings. The minimum absolute atomic E-state index is 0.0460. The molecule has 0 amide bonds.